The van der Waals surface area contributed by atoms with Crippen LogP contribution in [-0.4, -0.2) is 15.8 Å². The standard InChI is InChI=1S/C12H15N3O2/c1-5-12(8-13,14-4)7-9-6-10(17-15-9)11(2,3)16/h6,16H,5,7H2,1-3H3. The van der Waals surface area contributed by atoms with Gasteiger partial charge in [0.05, 0.1) is 12.1 Å². The molecule has 0 saturated carbocycles. The molecule has 1 atom stereocenters. The molecule has 0 radical (unpaired) electrons. The molecule has 0 spiro atoms. The van der Waals surface area contributed by atoms with Gasteiger partial charge in [-0.2, -0.15) is 5.26 Å². The second-order valence-electron chi connectivity index (χ2n) is 4.53. The third-order valence-corrected chi connectivity index (χ3v) is 2.64. The lowest BCUT2D eigenvalue weighted by atomic mass is 9.92. The maximum Gasteiger partial charge on any atom is 0.321 e. The van der Waals surface area contributed by atoms with E-state index in [4.69, 9.17) is 16.4 Å². The smallest absolute Gasteiger partial charge is 0.321 e. The van der Waals surface area contributed by atoms with Crippen molar-refractivity contribution in [2.24, 2.45) is 0 Å². The first kappa shape index (κ1) is 13.2. The summed E-state index contributed by atoms with van der Waals surface area (Å²) in [6.45, 7) is 12.0. The van der Waals surface area contributed by atoms with Crippen molar-refractivity contribution >= 4 is 0 Å². The van der Waals surface area contributed by atoms with Crippen molar-refractivity contribution in [1.82, 2.24) is 5.16 Å². The molecule has 0 aliphatic carbocycles. The molecule has 17 heavy (non-hydrogen) atoms. The van der Waals surface area contributed by atoms with Crippen LogP contribution in [0.3, 0.4) is 0 Å². The predicted molar refractivity (Wildman–Crippen MR) is 60.7 cm³/mol. The van der Waals surface area contributed by atoms with Gasteiger partial charge in [0.25, 0.3) is 0 Å². The summed E-state index contributed by atoms with van der Waals surface area (Å²) < 4.78 is 5.00. The molecule has 1 aromatic rings. The van der Waals surface area contributed by atoms with E-state index >= 15 is 0 Å². The zero-order valence-electron chi connectivity index (χ0n) is 10.2. The third kappa shape index (κ3) is 2.83. The van der Waals surface area contributed by atoms with Gasteiger partial charge < -0.3 is 9.63 Å². The Morgan fingerprint density at radius 1 is 1.65 bits per heavy atom. The van der Waals surface area contributed by atoms with Gasteiger partial charge in [-0.25, -0.2) is 6.57 Å². The number of hydrogen-bond donors (Lipinski definition) is 1. The number of nitrogens with zero attached hydrogens (tertiary/aromatic N) is 3. The second kappa shape index (κ2) is 4.57. The molecule has 0 bridgehead atoms. The highest BCUT2D eigenvalue weighted by Gasteiger charge is 2.36. The minimum absolute atomic E-state index is 0.211. The molecule has 5 nitrogen and oxygen atoms in total. The SMILES string of the molecule is [C-]#[N+]C(C#N)(CC)Cc1cc(C(C)(C)O)on1. The number of aliphatic hydroxyl groups is 1. The minimum Gasteiger partial charge on any atom is -0.382 e. The summed E-state index contributed by atoms with van der Waals surface area (Å²) in [6, 6.07) is 3.60. The van der Waals surface area contributed by atoms with E-state index in [1.807, 2.05) is 6.07 Å². The fraction of sp³-hybridized carbons (Fsp3) is 0.583. The summed E-state index contributed by atoms with van der Waals surface area (Å²) in [5, 5.41) is 22.5. The van der Waals surface area contributed by atoms with E-state index in [-0.39, 0.29) is 6.42 Å². The average molecular weight is 233 g/mol. The van der Waals surface area contributed by atoms with Crippen LogP contribution in [0.4, 0.5) is 0 Å². The van der Waals surface area contributed by atoms with E-state index < -0.39 is 11.1 Å². The van der Waals surface area contributed by atoms with Crippen LogP contribution in [0.15, 0.2) is 10.6 Å². The molecule has 0 aromatic carbocycles. The molecule has 90 valence electrons. The molecule has 1 heterocycles. The van der Waals surface area contributed by atoms with Crippen molar-refractivity contribution in [2.75, 3.05) is 0 Å². The fourth-order valence-corrected chi connectivity index (χ4v) is 1.37. The van der Waals surface area contributed by atoms with E-state index in [1.165, 1.54) is 0 Å². The first-order chi connectivity index (χ1) is 7.87. The Balaban J connectivity index is 2.95. The summed E-state index contributed by atoms with van der Waals surface area (Å²) in [5.74, 6) is 0.334. The first-order valence-electron chi connectivity index (χ1n) is 5.35. The summed E-state index contributed by atoms with van der Waals surface area (Å²) in [5.41, 5.74) is -1.68. The molecule has 1 rings (SSSR count). The van der Waals surface area contributed by atoms with Gasteiger partial charge in [0.15, 0.2) is 11.8 Å². The molecule has 0 aliphatic rings. The lowest BCUT2D eigenvalue weighted by Crippen LogP contribution is -2.24. The van der Waals surface area contributed by atoms with E-state index in [9.17, 15) is 5.11 Å². The quantitative estimate of drug-likeness (QED) is 0.807. The maximum absolute atomic E-state index is 9.71. The molecule has 1 aromatic heterocycles. The number of aromatic nitrogens is 1. The Labute approximate surface area is 100 Å². The average Bonchev–Trinajstić information content (AvgIpc) is 2.74. The summed E-state index contributed by atoms with van der Waals surface area (Å²) in [6.07, 6.45) is 0.640. The Hall–Kier alpha value is -1.85. The second-order valence-corrected chi connectivity index (χ2v) is 4.53. The van der Waals surface area contributed by atoms with Crippen LogP contribution in [0.2, 0.25) is 0 Å². The van der Waals surface area contributed by atoms with Gasteiger partial charge in [-0.1, -0.05) is 12.1 Å². The van der Waals surface area contributed by atoms with Gasteiger partial charge in [0.2, 0.25) is 0 Å². The van der Waals surface area contributed by atoms with E-state index in [0.29, 0.717) is 17.9 Å². The third-order valence-electron chi connectivity index (χ3n) is 2.64. The van der Waals surface area contributed by atoms with Gasteiger partial charge in [-0.05, 0) is 13.8 Å². The highest BCUT2D eigenvalue weighted by molar-refractivity contribution is 5.22. The van der Waals surface area contributed by atoms with Crippen LogP contribution in [0.5, 0.6) is 0 Å². The van der Waals surface area contributed by atoms with Crippen molar-refractivity contribution in [3.8, 4) is 6.07 Å². The highest BCUT2D eigenvalue weighted by Crippen LogP contribution is 2.25. The molecule has 5 heteroatoms. The van der Waals surface area contributed by atoms with Crippen molar-refractivity contribution in [2.45, 2.75) is 44.8 Å². The number of hydrogen-bond acceptors (Lipinski definition) is 4. The zero-order valence-corrected chi connectivity index (χ0v) is 10.2. The Bertz CT molecular complexity index is 457. The normalized spacial score (nSPS) is 14.7. The summed E-state index contributed by atoms with van der Waals surface area (Å²) in [4.78, 5) is 3.37. The Morgan fingerprint density at radius 2 is 2.29 bits per heavy atom. The van der Waals surface area contributed by atoms with Crippen LogP contribution >= 0.6 is 0 Å². The summed E-state index contributed by atoms with van der Waals surface area (Å²) in [7, 11) is 0. The largest absolute Gasteiger partial charge is 0.382 e. The molecular weight excluding hydrogens is 218 g/mol. The number of nitriles is 1. The highest BCUT2D eigenvalue weighted by atomic mass is 16.5. The molecule has 0 fully saturated rings. The first-order valence-corrected chi connectivity index (χ1v) is 5.35. The van der Waals surface area contributed by atoms with Crippen LogP contribution in [-0.2, 0) is 12.0 Å². The molecule has 0 aliphatic heterocycles. The van der Waals surface area contributed by atoms with Gasteiger partial charge in [-0.15, -0.1) is 0 Å². The van der Waals surface area contributed by atoms with E-state index in [2.05, 4.69) is 10.0 Å². The topological polar surface area (TPSA) is 74.4 Å². The Kier molecular flexibility index (Phi) is 3.55. The number of rotatable bonds is 4. The van der Waals surface area contributed by atoms with Gasteiger partial charge in [-0.3, -0.25) is 4.85 Å². The van der Waals surface area contributed by atoms with E-state index in [0.717, 1.165) is 0 Å². The van der Waals surface area contributed by atoms with Crippen molar-refractivity contribution in [1.29, 1.82) is 5.26 Å². The molecule has 1 N–H and O–H groups in total. The zero-order chi connectivity index (χ0) is 13.1. The van der Waals surface area contributed by atoms with Crippen molar-refractivity contribution in [3.05, 3.63) is 28.9 Å². The molecular formula is C12H15N3O2. The lowest BCUT2D eigenvalue weighted by Gasteiger charge is -2.11. The summed E-state index contributed by atoms with van der Waals surface area (Å²) >= 11 is 0. The van der Waals surface area contributed by atoms with Gasteiger partial charge in [0.1, 0.15) is 5.60 Å². The maximum atomic E-state index is 9.71. The van der Waals surface area contributed by atoms with E-state index in [1.54, 1.807) is 26.8 Å². The monoisotopic (exact) mass is 233 g/mol. The molecule has 0 amide bonds. The van der Waals surface area contributed by atoms with Gasteiger partial charge >= 0.3 is 5.54 Å². The van der Waals surface area contributed by atoms with Crippen LogP contribution in [0.1, 0.15) is 38.6 Å². The minimum atomic E-state index is -1.11. The van der Waals surface area contributed by atoms with Crippen molar-refractivity contribution < 1.29 is 9.63 Å². The van der Waals surface area contributed by atoms with Crippen LogP contribution < -0.4 is 0 Å². The Morgan fingerprint density at radius 3 is 2.65 bits per heavy atom. The van der Waals surface area contributed by atoms with Crippen molar-refractivity contribution in [3.63, 3.8) is 0 Å². The fourth-order valence-electron chi connectivity index (χ4n) is 1.37. The molecule has 1 unspecified atom stereocenters. The molecule has 0 saturated heterocycles. The predicted octanol–water partition coefficient (Wildman–Crippen LogP) is 2.04. The van der Waals surface area contributed by atoms with Crippen LogP contribution in [0, 0.1) is 17.9 Å². The van der Waals surface area contributed by atoms with Gasteiger partial charge in [0, 0.05) is 12.5 Å². The lowest BCUT2D eigenvalue weighted by molar-refractivity contribution is 0.0475. The van der Waals surface area contributed by atoms with Crippen LogP contribution in [0.25, 0.3) is 4.85 Å².